The van der Waals surface area contributed by atoms with Gasteiger partial charge in [0.25, 0.3) is 0 Å². The van der Waals surface area contributed by atoms with Crippen LogP contribution in [0.4, 0.5) is 0 Å². The summed E-state index contributed by atoms with van der Waals surface area (Å²) in [6.45, 7) is 22.3. The maximum absolute atomic E-state index is 14.6. The summed E-state index contributed by atoms with van der Waals surface area (Å²) in [5, 5.41) is 36.4. The molecular formula is C46H75NO10. The predicted molar refractivity (Wildman–Crippen MR) is 218 cm³/mol. The van der Waals surface area contributed by atoms with Crippen molar-refractivity contribution in [1.29, 1.82) is 0 Å². The van der Waals surface area contributed by atoms with Crippen LogP contribution in [0.15, 0.2) is 12.2 Å². The third-order valence-electron chi connectivity index (χ3n) is 15.2. The second kappa shape index (κ2) is 18.0. The molecule has 0 bridgehead atoms. The molecule has 2 spiro atoms. The molecule has 0 aliphatic carbocycles. The van der Waals surface area contributed by atoms with E-state index < -0.39 is 70.7 Å². The van der Waals surface area contributed by atoms with Crippen molar-refractivity contribution in [2.75, 3.05) is 6.54 Å². The molecule has 5 heterocycles. The summed E-state index contributed by atoms with van der Waals surface area (Å²) < 4.78 is 34.5. The maximum Gasteiger partial charge on any atom is 0.309 e. The minimum absolute atomic E-state index is 0.0293. The van der Waals surface area contributed by atoms with E-state index in [1.807, 2.05) is 47.6 Å². The number of aliphatic hydroxyl groups is 2. The number of terminal acetylenes is 1. The van der Waals surface area contributed by atoms with Gasteiger partial charge in [0.15, 0.2) is 11.6 Å². The monoisotopic (exact) mass is 802 g/mol. The average molecular weight is 802 g/mol. The zero-order chi connectivity index (χ0) is 42.2. The second-order valence-corrected chi connectivity index (χ2v) is 19.1. The summed E-state index contributed by atoms with van der Waals surface area (Å²) in [5.74, 6) is -2.67. The van der Waals surface area contributed by atoms with Gasteiger partial charge in [-0.15, -0.1) is 6.42 Å². The minimum atomic E-state index is -1.18. The first-order valence-electron chi connectivity index (χ1n) is 22.2. The highest BCUT2D eigenvalue weighted by atomic mass is 16.8. The van der Waals surface area contributed by atoms with Crippen LogP contribution in [0.3, 0.4) is 0 Å². The van der Waals surface area contributed by atoms with E-state index in [1.54, 1.807) is 6.92 Å². The molecule has 11 heteroatoms. The molecule has 0 amide bonds. The minimum Gasteiger partial charge on any atom is -0.481 e. The molecule has 11 nitrogen and oxygen atoms in total. The Labute approximate surface area is 342 Å². The lowest BCUT2D eigenvalue weighted by atomic mass is 9.72. The standard InChI is InChI=1S/C46H75NO10/c1-13-23-47-35-17-20-45(57-46(35)22-21-43(12,56-46)36-18-19-44(52,16-4)32(11)53-36)29(8)25-28(7)41(55-45)33(14-2)38(49)30(9)37(48)31(10)39-26(5)24-27(6)40(54-39)34(15-3)42(50)51/h1,17,20,26-37,39-41,47-48,52H,14-16,18-19,21-25H2,2-12H3,(H,50,51)/t26?,27-,28-,29+,30-,31-,32-,33?,34?,35?,36+,37?,39+,40+,41?,43-,44+,45-,46-/m0/s1. The van der Waals surface area contributed by atoms with E-state index in [1.165, 1.54) is 0 Å². The molecule has 5 aliphatic rings. The van der Waals surface area contributed by atoms with Gasteiger partial charge in [-0.1, -0.05) is 74.3 Å². The molecular weight excluding hydrogens is 727 g/mol. The van der Waals surface area contributed by atoms with Crippen LogP contribution in [-0.2, 0) is 33.3 Å². The lowest BCUT2D eigenvalue weighted by Gasteiger charge is -2.55. The van der Waals surface area contributed by atoms with Crippen LogP contribution in [-0.4, -0.2) is 99.1 Å². The Morgan fingerprint density at radius 2 is 1.56 bits per heavy atom. The molecule has 5 aliphatic heterocycles. The summed E-state index contributed by atoms with van der Waals surface area (Å²) in [6.07, 6.45) is 12.5. The number of carboxylic acid groups (broad SMARTS) is 1. The fourth-order valence-corrected chi connectivity index (χ4v) is 11.4. The molecule has 5 rings (SSSR count). The van der Waals surface area contributed by atoms with E-state index >= 15 is 0 Å². The molecule has 4 N–H and O–H groups in total. The lowest BCUT2D eigenvalue weighted by Crippen LogP contribution is -2.65. The van der Waals surface area contributed by atoms with Crippen LogP contribution >= 0.6 is 0 Å². The van der Waals surface area contributed by atoms with E-state index in [9.17, 15) is 24.9 Å². The zero-order valence-electron chi connectivity index (χ0n) is 36.7. The van der Waals surface area contributed by atoms with Crippen molar-refractivity contribution in [3.63, 3.8) is 0 Å². The Hall–Kier alpha value is -1.88. The molecule has 0 aromatic heterocycles. The summed E-state index contributed by atoms with van der Waals surface area (Å²) >= 11 is 0. The number of carbonyl (C=O) groups is 2. The first-order valence-corrected chi connectivity index (χ1v) is 22.2. The van der Waals surface area contributed by atoms with Crippen LogP contribution in [0.5, 0.6) is 0 Å². The number of nitrogens with one attached hydrogen (secondary N) is 1. The van der Waals surface area contributed by atoms with Crippen molar-refractivity contribution in [2.45, 2.75) is 199 Å². The Kier molecular flexibility index (Phi) is 14.6. The summed E-state index contributed by atoms with van der Waals surface area (Å²) in [4.78, 5) is 26.7. The first kappa shape index (κ1) is 46.2. The summed E-state index contributed by atoms with van der Waals surface area (Å²) in [7, 11) is 0. The van der Waals surface area contributed by atoms with Crippen molar-refractivity contribution in [3.8, 4) is 12.3 Å². The smallest absolute Gasteiger partial charge is 0.309 e. The fraction of sp³-hybridized carbons (Fsp3) is 0.870. The predicted octanol–water partition coefficient (Wildman–Crippen LogP) is 6.66. The molecule has 0 aromatic rings. The number of hydrogen-bond acceptors (Lipinski definition) is 10. The van der Waals surface area contributed by atoms with Gasteiger partial charge in [-0.05, 0) is 89.0 Å². The van der Waals surface area contributed by atoms with Crippen LogP contribution in [0.1, 0.15) is 134 Å². The summed E-state index contributed by atoms with van der Waals surface area (Å²) in [5.41, 5.74) is -1.56. The number of carboxylic acids is 1. The third kappa shape index (κ3) is 8.82. The summed E-state index contributed by atoms with van der Waals surface area (Å²) in [6, 6.07) is -0.362. The number of Topliss-reactive ketones (excluding diaryl/α,β-unsaturated/α-hetero) is 1. The van der Waals surface area contributed by atoms with E-state index in [2.05, 4.69) is 45.0 Å². The number of ketones is 1. The number of hydrogen-bond donors (Lipinski definition) is 4. The fourth-order valence-electron chi connectivity index (χ4n) is 11.4. The van der Waals surface area contributed by atoms with E-state index in [-0.39, 0.29) is 53.8 Å². The van der Waals surface area contributed by atoms with Gasteiger partial charge in [0.2, 0.25) is 0 Å². The normalized spacial score (nSPS) is 44.9. The van der Waals surface area contributed by atoms with Gasteiger partial charge in [-0.2, -0.15) is 0 Å². The van der Waals surface area contributed by atoms with Gasteiger partial charge < -0.3 is 39.0 Å². The van der Waals surface area contributed by atoms with Gasteiger partial charge in [0.05, 0.1) is 66.3 Å². The van der Waals surface area contributed by atoms with Crippen molar-refractivity contribution in [3.05, 3.63) is 12.2 Å². The average Bonchev–Trinajstić information content (AvgIpc) is 3.51. The van der Waals surface area contributed by atoms with Crippen LogP contribution in [0, 0.1) is 59.7 Å². The van der Waals surface area contributed by atoms with E-state index in [0.29, 0.717) is 51.5 Å². The van der Waals surface area contributed by atoms with Crippen molar-refractivity contribution in [2.24, 2.45) is 47.3 Å². The van der Waals surface area contributed by atoms with Gasteiger partial charge in [-0.3, -0.25) is 14.9 Å². The zero-order valence-corrected chi connectivity index (χ0v) is 36.7. The Morgan fingerprint density at radius 3 is 2.16 bits per heavy atom. The topological polar surface area (TPSA) is 153 Å². The molecule has 324 valence electrons. The molecule has 0 aromatic carbocycles. The third-order valence-corrected chi connectivity index (χ3v) is 15.2. The highest BCUT2D eigenvalue weighted by molar-refractivity contribution is 5.84. The number of ether oxygens (including phenoxy) is 5. The van der Waals surface area contributed by atoms with Crippen LogP contribution in [0.2, 0.25) is 0 Å². The van der Waals surface area contributed by atoms with Crippen molar-refractivity contribution >= 4 is 11.8 Å². The molecule has 6 unspecified atom stereocenters. The maximum atomic E-state index is 14.6. The van der Waals surface area contributed by atoms with Gasteiger partial charge in [-0.25, -0.2) is 0 Å². The highest BCUT2D eigenvalue weighted by Crippen LogP contribution is 2.54. The SMILES string of the molecule is C#CCNC1C=C[C@]2(OC(C(CC)C(=O)[C@@H](C)C(O)[C@H](C)[C@@H]3O[C@@H](C(CC)C(=O)O)[C@@H](C)CC3C)[C@@H](C)C[C@H]2C)O[C@@]12CC[C@@](C)([C@H]1CC[C@](O)(CC)[C@H](C)O1)O2. The number of aliphatic hydroxyl groups excluding tert-OH is 1. The second-order valence-electron chi connectivity index (χ2n) is 19.1. The molecule has 4 saturated heterocycles. The number of aliphatic carboxylic acids is 1. The van der Waals surface area contributed by atoms with Gasteiger partial charge >= 0.3 is 5.97 Å². The van der Waals surface area contributed by atoms with Crippen LogP contribution < -0.4 is 5.32 Å². The Morgan fingerprint density at radius 1 is 0.912 bits per heavy atom. The van der Waals surface area contributed by atoms with Crippen LogP contribution in [0.25, 0.3) is 0 Å². The molecule has 57 heavy (non-hydrogen) atoms. The largest absolute Gasteiger partial charge is 0.481 e. The highest BCUT2D eigenvalue weighted by Gasteiger charge is 2.63. The van der Waals surface area contributed by atoms with Gasteiger partial charge in [0, 0.05) is 30.1 Å². The van der Waals surface area contributed by atoms with E-state index in [0.717, 1.165) is 12.8 Å². The molecule has 19 atom stereocenters. The molecule has 4 fully saturated rings. The Bertz CT molecular complexity index is 1480. The van der Waals surface area contributed by atoms with Crippen molar-refractivity contribution in [1.82, 2.24) is 5.32 Å². The number of rotatable bonds is 14. The first-order chi connectivity index (χ1) is 26.8. The van der Waals surface area contributed by atoms with Gasteiger partial charge in [0.1, 0.15) is 5.78 Å². The van der Waals surface area contributed by atoms with E-state index in [4.69, 9.17) is 30.1 Å². The molecule has 0 radical (unpaired) electrons. The quantitative estimate of drug-likeness (QED) is 0.110. The lowest BCUT2D eigenvalue weighted by molar-refractivity contribution is -0.398. The molecule has 0 saturated carbocycles. The number of carbonyl (C=O) groups excluding carboxylic acids is 1. The van der Waals surface area contributed by atoms with Crippen molar-refractivity contribution < 1.29 is 48.6 Å². The Balaban J connectivity index is 1.36.